The maximum Gasteiger partial charge on any atom is 0.280 e. The Labute approximate surface area is 60.2 Å². The average Bonchev–Trinajstić information content (AvgIpc) is 2.11. The van der Waals surface area contributed by atoms with Crippen LogP contribution in [0.15, 0.2) is 15.4 Å². The SMILES string of the molecule is Cl.[2H]C([2H])([15NH2])c1cc(=O)[nH]o1. The molecule has 0 saturated heterocycles. The van der Waals surface area contributed by atoms with Gasteiger partial charge in [0.2, 0.25) is 0 Å². The molecule has 52 valence electrons. The van der Waals surface area contributed by atoms with Gasteiger partial charge >= 0.3 is 0 Å². The molecule has 1 heterocycles. The maximum absolute atomic E-state index is 10.4. The molecule has 5 heteroatoms. The summed E-state index contributed by atoms with van der Waals surface area (Å²) in [4.78, 5) is 10.4. The molecule has 9 heavy (non-hydrogen) atoms. The predicted molar refractivity (Wildman–Crippen MR) is 34.5 cm³/mol. The fourth-order valence-electron chi connectivity index (χ4n) is 0.354. The molecule has 0 unspecified atom stereocenters. The first-order valence-electron chi connectivity index (χ1n) is 2.98. The predicted octanol–water partition coefficient (Wildman–Crippen LogP) is -0.152. The highest BCUT2D eigenvalue weighted by molar-refractivity contribution is 5.85. The third-order valence-corrected chi connectivity index (χ3v) is 0.666. The summed E-state index contributed by atoms with van der Waals surface area (Å²) in [5.74, 6) is -0.197. The second-order valence-electron chi connectivity index (χ2n) is 1.22. The van der Waals surface area contributed by atoms with Crippen LogP contribution in [0.2, 0.25) is 0 Å². The van der Waals surface area contributed by atoms with Crippen LogP contribution in [-0.4, -0.2) is 5.16 Å². The van der Waals surface area contributed by atoms with Crippen molar-refractivity contribution in [2.45, 2.75) is 6.50 Å². The van der Waals surface area contributed by atoms with Crippen LogP contribution >= 0.6 is 12.4 Å². The monoisotopic (exact) mass is 153 g/mol. The lowest BCUT2D eigenvalue weighted by atomic mass is 10.5. The number of nitrogens with one attached hydrogen (secondary N) is 1. The molecule has 0 bridgehead atoms. The van der Waals surface area contributed by atoms with Gasteiger partial charge in [-0.2, -0.15) is 5.16 Å². The zero-order valence-corrected chi connectivity index (χ0v) is 5.20. The number of halogens is 1. The zero-order chi connectivity index (χ0) is 7.78. The van der Waals surface area contributed by atoms with Gasteiger partial charge in [0.1, 0.15) is 0 Å². The largest absolute Gasteiger partial charge is 0.382 e. The van der Waals surface area contributed by atoms with E-state index >= 15 is 0 Å². The van der Waals surface area contributed by atoms with E-state index in [9.17, 15) is 4.79 Å². The highest BCUT2D eigenvalue weighted by Crippen LogP contribution is 1.86. The van der Waals surface area contributed by atoms with E-state index in [0.717, 1.165) is 6.07 Å². The molecule has 1 aromatic heterocycles. The molecular weight excluding hydrogens is 145 g/mol. The van der Waals surface area contributed by atoms with Crippen LogP contribution in [0.1, 0.15) is 8.50 Å². The molecule has 0 aliphatic heterocycles. The number of aromatic nitrogens is 1. The van der Waals surface area contributed by atoms with Crippen LogP contribution in [0.4, 0.5) is 0 Å². The van der Waals surface area contributed by atoms with Crippen molar-refractivity contribution in [3.8, 4) is 0 Å². The van der Waals surface area contributed by atoms with E-state index in [4.69, 9.17) is 8.48 Å². The second-order valence-corrected chi connectivity index (χ2v) is 1.22. The van der Waals surface area contributed by atoms with E-state index < -0.39 is 12.1 Å². The molecule has 0 saturated carbocycles. The third kappa shape index (κ3) is 1.91. The second kappa shape index (κ2) is 3.32. The Morgan fingerprint density at radius 3 is 2.89 bits per heavy atom. The van der Waals surface area contributed by atoms with Gasteiger partial charge in [-0.05, 0) is 0 Å². The van der Waals surface area contributed by atoms with Crippen molar-refractivity contribution in [2.24, 2.45) is 5.73 Å². The van der Waals surface area contributed by atoms with Gasteiger partial charge < -0.3 is 10.3 Å². The zero-order valence-electron chi connectivity index (χ0n) is 6.38. The maximum atomic E-state index is 10.4. The van der Waals surface area contributed by atoms with Crippen LogP contribution in [-0.2, 0) is 6.50 Å². The lowest BCUT2D eigenvalue weighted by Crippen LogP contribution is -1.95. The van der Waals surface area contributed by atoms with Crippen molar-refractivity contribution in [1.29, 1.82) is 0 Å². The highest BCUT2D eigenvalue weighted by Gasteiger charge is 1.91. The van der Waals surface area contributed by atoms with Gasteiger partial charge in [-0.1, -0.05) is 0 Å². The normalized spacial score (nSPS) is 13.4. The van der Waals surface area contributed by atoms with Crippen LogP contribution in [0.25, 0.3) is 0 Å². The van der Waals surface area contributed by atoms with Crippen molar-refractivity contribution >= 4 is 12.4 Å². The molecule has 0 aliphatic rings. The summed E-state index contributed by atoms with van der Waals surface area (Å²) in [7, 11) is 0. The van der Waals surface area contributed by atoms with Gasteiger partial charge in [0.05, 0.1) is 9.24 Å². The molecule has 1 aromatic rings. The van der Waals surface area contributed by atoms with E-state index in [1.54, 1.807) is 0 Å². The van der Waals surface area contributed by atoms with E-state index in [1.165, 1.54) is 0 Å². The fraction of sp³-hybridized carbons (Fsp3) is 0.250. The average molecular weight is 154 g/mol. The molecule has 4 nitrogen and oxygen atoms in total. The lowest BCUT2D eigenvalue weighted by molar-refractivity contribution is 0.380. The van der Waals surface area contributed by atoms with Crippen LogP contribution in [0.3, 0.4) is 0 Å². The molecule has 0 aromatic carbocycles. The molecule has 3 N–H and O–H groups in total. The minimum Gasteiger partial charge on any atom is -0.382 e. The Morgan fingerprint density at radius 1 is 2.00 bits per heavy atom. The Balaban J connectivity index is 0.000001000. The highest BCUT2D eigenvalue weighted by atomic mass is 35.5. The summed E-state index contributed by atoms with van der Waals surface area (Å²) < 4.78 is 18.1. The number of hydrogen-bond acceptors (Lipinski definition) is 3. The van der Waals surface area contributed by atoms with E-state index in [2.05, 4.69) is 4.52 Å². The molecule has 0 amide bonds. The Kier molecular flexibility index (Phi) is 1.87. The number of aromatic amines is 1. The summed E-state index contributed by atoms with van der Waals surface area (Å²) in [5, 5.41) is 1.92. The first kappa shape index (κ1) is 5.08. The van der Waals surface area contributed by atoms with Crippen LogP contribution < -0.4 is 11.3 Å². The molecule has 0 spiro atoms. The summed E-state index contributed by atoms with van der Waals surface area (Å²) in [5.41, 5.74) is 4.45. The molecule has 0 fully saturated rings. The van der Waals surface area contributed by atoms with Crippen molar-refractivity contribution in [2.75, 3.05) is 0 Å². The van der Waals surface area contributed by atoms with Crippen molar-refractivity contribution < 1.29 is 7.26 Å². The summed E-state index contributed by atoms with van der Waals surface area (Å²) in [6, 6.07) is 0.972. The van der Waals surface area contributed by atoms with Gasteiger partial charge in [-0.3, -0.25) is 4.79 Å². The Bertz CT molecular complexity index is 276. The van der Waals surface area contributed by atoms with Crippen molar-refractivity contribution in [1.82, 2.24) is 5.16 Å². The number of nitrogens with two attached hydrogens (primary N) is 1. The first-order valence-corrected chi connectivity index (χ1v) is 1.98. The molecule has 0 aliphatic carbocycles. The summed E-state index contributed by atoms with van der Waals surface area (Å²) >= 11 is 0. The molecule has 0 radical (unpaired) electrons. The van der Waals surface area contributed by atoms with Crippen molar-refractivity contribution in [3.63, 3.8) is 0 Å². The number of H-pyrrole nitrogens is 1. The molecule has 0 atom stereocenters. The Morgan fingerprint density at radius 2 is 2.67 bits per heavy atom. The standard InChI is InChI=1S/C4H6N2O2.ClH/c5-2-3-1-4(7)6-8-3;/h1H,2,5H2,(H,6,7);1H/i2D2,5+1;. The first-order chi connectivity index (χ1) is 4.50. The molecular formula is C4H7ClN2O2. The van der Waals surface area contributed by atoms with Gasteiger partial charge in [-0.25, -0.2) is 0 Å². The minimum absolute atomic E-state index is 0. The number of rotatable bonds is 1. The van der Waals surface area contributed by atoms with E-state index in [0.29, 0.717) is 0 Å². The fourth-order valence-corrected chi connectivity index (χ4v) is 0.354. The van der Waals surface area contributed by atoms with Gasteiger partial charge in [0.25, 0.3) is 5.56 Å². The van der Waals surface area contributed by atoms with Crippen molar-refractivity contribution in [3.05, 3.63) is 22.2 Å². The van der Waals surface area contributed by atoms with Gasteiger partial charge in [0.15, 0.2) is 5.76 Å². The lowest BCUT2D eigenvalue weighted by Gasteiger charge is -1.77. The van der Waals surface area contributed by atoms with E-state index in [-0.39, 0.29) is 18.2 Å². The van der Waals surface area contributed by atoms with E-state index in [1.807, 2.05) is 5.16 Å². The smallest absolute Gasteiger partial charge is 0.280 e. The quantitative estimate of drug-likeness (QED) is 0.551. The van der Waals surface area contributed by atoms with Crippen LogP contribution in [0.5, 0.6) is 0 Å². The summed E-state index contributed by atoms with van der Waals surface area (Å²) in [6.07, 6.45) is 0. The minimum atomic E-state index is -2.08. The third-order valence-electron chi connectivity index (χ3n) is 0.666. The molecule has 1 rings (SSSR count). The van der Waals surface area contributed by atoms with Gasteiger partial charge in [-0.15, -0.1) is 12.4 Å². The van der Waals surface area contributed by atoms with Gasteiger partial charge in [0, 0.05) is 6.07 Å². The topological polar surface area (TPSA) is 72.0 Å². The van der Waals surface area contributed by atoms with Crippen LogP contribution in [0, 0.1) is 0 Å². The Hall–Kier alpha value is -0.740. The summed E-state index contributed by atoms with van der Waals surface area (Å²) in [6.45, 7) is -2.08. The number of hydrogen-bond donors (Lipinski definition) is 2.